The Labute approximate surface area is 85.5 Å². The molecule has 2 heterocycles. The summed E-state index contributed by atoms with van der Waals surface area (Å²) >= 11 is 0. The summed E-state index contributed by atoms with van der Waals surface area (Å²) in [4.78, 5) is 0. The van der Waals surface area contributed by atoms with Crippen molar-refractivity contribution in [3.63, 3.8) is 0 Å². The lowest BCUT2D eigenvalue weighted by atomic mass is 9.84. The normalized spacial score (nSPS) is 33.2. The third kappa shape index (κ3) is 1.82. The molecule has 1 aliphatic heterocycles. The monoisotopic (exact) mass is 193 g/mol. The van der Waals surface area contributed by atoms with E-state index in [1.807, 2.05) is 17.9 Å². The molecule has 0 amide bonds. The lowest BCUT2D eigenvalue weighted by molar-refractivity contribution is 0.246. The minimum atomic E-state index is 0.500. The molecule has 1 aliphatic rings. The Balaban J connectivity index is 2.11. The van der Waals surface area contributed by atoms with Crippen LogP contribution in [0.5, 0.6) is 0 Å². The average molecular weight is 193 g/mol. The largest absolute Gasteiger partial charge is 0.309 e. The quantitative estimate of drug-likeness (QED) is 0.736. The molecule has 0 aliphatic carbocycles. The van der Waals surface area contributed by atoms with E-state index in [9.17, 15) is 0 Å². The van der Waals surface area contributed by atoms with Gasteiger partial charge in [-0.1, -0.05) is 13.8 Å². The molecule has 1 N–H and O–H groups in total. The molecule has 1 aromatic heterocycles. The van der Waals surface area contributed by atoms with Gasteiger partial charge in [0.05, 0.1) is 6.20 Å². The van der Waals surface area contributed by atoms with Gasteiger partial charge >= 0.3 is 0 Å². The molecule has 3 unspecified atom stereocenters. The molecular weight excluding hydrogens is 174 g/mol. The van der Waals surface area contributed by atoms with E-state index in [1.54, 1.807) is 0 Å². The standard InChI is InChI=1S/C11H19N3/c1-8-4-9(2)11(12-5-8)10-6-13-14(3)7-10/h6-9,11-12H,4-5H2,1-3H3. The van der Waals surface area contributed by atoms with Crippen molar-refractivity contribution in [2.45, 2.75) is 26.3 Å². The van der Waals surface area contributed by atoms with Crippen molar-refractivity contribution in [1.29, 1.82) is 0 Å². The van der Waals surface area contributed by atoms with Gasteiger partial charge in [-0.2, -0.15) is 5.10 Å². The Hall–Kier alpha value is -0.830. The van der Waals surface area contributed by atoms with Gasteiger partial charge in [-0.25, -0.2) is 0 Å². The van der Waals surface area contributed by atoms with Crippen molar-refractivity contribution in [3.8, 4) is 0 Å². The highest BCUT2D eigenvalue weighted by atomic mass is 15.2. The van der Waals surface area contributed by atoms with Crippen LogP contribution in [0.2, 0.25) is 0 Å². The first kappa shape index (κ1) is 9.71. The maximum atomic E-state index is 4.22. The summed E-state index contributed by atoms with van der Waals surface area (Å²) < 4.78 is 1.88. The van der Waals surface area contributed by atoms with Gasteiger partial charge in [0.15, 0.2) is 0 Å². The molecule has 14 heavy (non-hydrogen) atoms. The Bertz CT molecular complexity index is 305. The molecule has 0 spiro atoms. The average Bonchev–Trinajstić information content (AvgIpc) is 2.51. The second-order valence-corrected chi connectivity index (χ2v) is 4.65. The Morgan fingerprint density at radius 3 is 2.86 bits per heavy atom. The minimum absolute atomic E-state index is 0.500. The first-order valence-electron chi connectivity index (χ1n) is 5.38. The summed E-state index contributed by atoms with van der Waals surface area (Å²) in [5.41, 5.74) is 1.33. The molecule has 1 aromatic rings. The predicted octanol–water partition coefficient (Wildman–Crippen LogP) is 1.73. The number of piperidine rings is 1. The SMILES string of the molecule is CC1CNC(c2cnn(C)c2)C(C)C1. The molecule has 3 heteroatoms. The van der Waals surface area contributed by atoms with E-state index >= 15 is 0 Å². The lowest BCUT2D eigenvalue weighted by Gasteiger charge is -2.33. The molecule has 1 saturated heterocycles. The van der Waals surface area contributed by atoms with Gasteiger partial charge in [0.2, 0.25) is 0 Å². The number of nitrogens with one attached hydrogen (secondary N) is 1. The fourth-order valence-corrected chi connectivity index (χ4v) is 2.43. The molecule has 78 valence electrons. The van der Waals surface area contributed by atoms with Crippen LogP contribution in [0.25, 0.3) is 0 Å². The zero-order valence-corrected chi connectivity index (χ0v) is 9.20. The van der Waals surface area contributed by atoms with Gasteiger partial charge in [0, 0.05) is 24.8 Å². The minimum Gasteiger partial charge on any atom is -0.309 e. The second kappa shape index (κ2) is 3.73. The molecule has 0 bridgehead atoms. The number of aryl methyl sites for hydroxylation is 1. The first-order valence-corrected chi connectivity index (χ1v) is 5.38. The van der Waals surface area contributed by atoms with Gasteiger partial charge in [-0.05, 0) is 24.8 Å². The van der Waals surface area contributed by atoms with Gasteiger partial charge in [0.25, 0.3) is 0 Å². The molecule has 3 atom stereocenters. The second-order valence-electron chi connectivity index (χ2n) is 4.65. The van der Waals surface area contributed by atoms with Gasteiger partial charge in [-0.3, -0.25) is 4.68 Å². The van der Waals surface area contributed by atoms with Crippen LogP contribution in [0.15, 0.2) is 12.4 Å². The molecule has 1 fully saturated rings. The maximum Gasteiger partial charge on any atom is 0.0537 e. The molecule has 0 aromatic carbocycles. The summed E-state index contributed by atoms with van der Waals surface area (Å²) in [6, 6.07) is 0.500. The number of hydrogen-bond donors (Lipinski definition) is 1. The van der Waals surface area contributed by atoms with Crippen LogP contribution in [0, 0.1) is 11.8 Å². The van der Waals surface area contributed by atoms with Crippen LogP contribution in [0.4, 0.5) is 0 Å². The van der Waals surface area contributed by atoms with Crippen molar-refractivity contribution in [2.75, 3.05) is 6.54 Å². The fraction of sp³-hybridized carbons (Fsp3) is 0.727. The lowest BCUT2D eigenvalue weighted by Crippen LogP contribution is -2.37. The Morgan fingerprint density at radius 1 is 1.50 bits per heavy atom. The molecular formula is C11H19N3. The van der Waals surface area contributed by atoms with Crippen LogP contribution < -0.4 is 5.32 Å². The van der Waals surface area contributed by atoms with Crippen LogP contribution in [-0.2, 0) is 7.05 Å². The Morgan fingerprint density at radius 2 is 2.29 bits per heavy atom. The van der Waals surface area contributed by atoms with Crippen molar-refractivity contribution < 1.29 is 0 Å². The van der Waals surface area contributed by atoms with Crippen LogP contribution >= 0.6 is 0 Å². The summed E-state index contributed by atoms with van der Waals surface area (Å²) in [6.07, 6.45) is 5.40. The molecule has 0 radical (unpaired) electrons. The molecule has 3 nitrogen and oxygen atoms in total. The first-order chi connectivity index (χ1) is 6.66. The van der Waals surface area contributed by atoms with Gasteiger partial charge in [-0.15, -0.1) is 0 Å². The van der Waals surface area contributed by atoms with Crippen LogP contribution in [-0.4, -0.2) is 16.3 Å². The topological polar surface area (TPSA) is 29.9 Å². The van der Waals surface area contributed by atoms with E-state index in [1.165, 1.54) is 12.0 Å². The highest BCUT2D eigenvalue weighted by molar-refractivity contribution is 5.12. The van der Waals surface area contributed by atoms with E-state index < -0.39 is 0 Å². The molecule has 0 saturated carbocycles. The van der Waals surface area contributed by atoms with Crippen LogP contribution in [0.3, 0.4) is 0 Å². The number of hydrogen-bond acceptors (Lipinski definition) is 2. The van der Waals surface area contributed by atoms with Crippen molar-refractivity contribution in [1.82, 2.24) is 15.1 Å². The van der Waals surface area contributed by atoms with E-state index in [0.29, 0.717) is 12.0 Å². The number of aromatic nitrogens is 2. The van der Waals surface area contributed by atoms with Crippen molar-refractivity contribution in [3.05, 3.63) is 18.0 Å². The summed E-state index contributed by atoms with van der Waals surface area (Å²) in [6.45, 7) is 5.76. The smallest absolute Gasteiger partial charge is 0.0537 e. The van der Waals surface area contributed by atoms with E-state index in [4.69, 9.17) is 0 Å². The zero-order chi connectivity index (χ0) is 10.1. The van der Waals surface area contributed by atoms with E-state index in [2.05, 4.69) is 30.5 Å². The summed E-state index contributed by atoms with van der Waals surface area (Å²) in [5, 5.41) is 7.82. The third-order valence-corrected chi connectivity index (χ3v) is 3.11. The zero-order valence-electron chi connectivity index (χ0n) is 9.20. The summed E-state index contributed by atoms with van der Waals surface area (Å²) in [7, 11) is 1.97. The highest BCUT2D eigenvalue weighted by Crippen LogP contribution is 2.30. The third-order valence-electron chi connectivity index (χ3n) is 3.11. The summed E-state index contributed by atoms with van der Waals surface area (Å²) in [5.74, 6) is 1.51. The van der Waals surface area contributed by atoms with Crippen molar-refractivity contribution in [2.24, 2.45) is 18.9 Å². The fourth-order valence-electron chi connectivity index (χ4n) is 2.43. The van der Waals surface area contributed by atoms with Crippen molar-refractivity contribution >= 4 is 0 Å². The highest BCUT2D eigenvalue weighted by Gasteiger charge is 2.26. The number of rotatable bonds is 1. The van der Waals surface area contributed by atoms with Crippen LogP contribution in [0.1, 0.15) is 31.9 Å². The number of nitrogens with zero attached hydrogens (tertiary/aromatic N) is 2. The predicted molar refractivity (Wildman–Crippen MR) is 56.9 cm³/mol. The van der Waals surface area contributed by atoms with E-state index in [0.717, 1.165) is 12.5 Å². The Kier molecular flexibility index (Phi) is 2.59. The maximum absolute atomic E-state index is 4.22. The van der Waals surface area contributed by atoms with E-state index in [-0.39, 0.29) is 0 Å². The van der Waals surface area contributed by atoms with Gasteiger partial charge < -0.3 is 5.32 Å². The molecule has 2 rings (SSSR count). The van der Waals surface area contributed by atoms with Gasteiger partial charge in [0.1, 0.15) is 0 Å².